The standard InChI is InChI=1S/C21H27Cl2N5O2S/c1-14(26(2)3)21(30)28-8-6-27(7-9-28)13-19-24-12-18(31-19)20(29)25-11-15-4-5-16(22)10-17(15)23/h4-5,10,12,14H,6-9,11,13H2,1-3H3,(H,25,29). The number of rotatable bonds is 7. The van der Waals surface area contributed by atoms with Crippen molar-refractivity contribution >= 4 is 46.4 Å². The first-order valence-corrected chi connectivity index (χ1v) is 11.7. The molecule has 2 aromatic rings. The molecule has 1 atom stereocenters. The molecule has 1 aliphatic rings. The van der Waals surface area contributed by atoms with E-state index in [9.17, 15) is 9.59 Å². The molecule has 31 heavy (non-hydrogen) atoms. The highest BCUT2D eigenvalue weighted by atomic mass is 35.5. The van der Waals surface area contributed by atoms with Gasteiger partial charge in [0.05, 0.1) is 18.8 Å². The Hall–Kier alpha value is -1.71. The lowest BCUT2D eigenvalue weighted by Crippen LogP contribution is -2.52. The number of likely N-dealkylation sites (N-methyl/N-ethyl adjacent to an activating group) is 1. The van der Waals surface area contributed by atoms with Crippen molar-refractivity contribution < 1.29 is 9.59 Å². The summed E-state index contributed by atoms with van der Waals surface area (Å²) in [6, 6.07) is 5.08. The van der Waals surface area contributed by atoms with E-state index in [1.54, 1.807) is 24.4 Å². The highest BCUT2D eigenvalue weighted by Gasteiger charge is 2.26. The lowest BCUT2D eigenvalue weighted by Gasteiger charge is -2.36. The fourth-order valence-electron chi connectivity index (χ4n) is 3.22. The molecule has 3 rings (SSSR count). The van der Waals surface area contributed by atoms with Crippen molar-refractivity contribution in [3.8, 4) is 0 Å². The molecule has 0 aliphatic carbocycles. The zero-order chi connectivity index (χ0) is 22.5. The lowest BCUT2D eigenvalue weighted by atomic mass is 10.2. The van der Waals surface area contributed by atoms with Crippen LogP contribution in [0.25, 0.3) is 0 Å². The number of thiazole rings is 1. The molecule has 0 saturated carbocycles. The largest absolute Gasteiger partial charge is 0.347 e. The molecule has 0 bridgehead atoms. The van der Waals surface area contributed by atoms with Gasteiger partial charge in [0.25, 0.3) is 5.91 Å². The molecule has 1 fully saturated rings. The summed E-state index contributed by atoms with van der Waals surface area (Å²) in [5, 5.41) is 4.84. The topological polar surface area (TPSA) is 68.8 Å². The summed E-state index contributed by atoms with van der Waals surface area (Å²) >= 11 is 13.4. The van der Waals surface area contributed by atoms with Gasteiger partial charge in [0.2, 0.25) is 5.91 Å². The molecule has 1 saturated heterocycles. The zero-order valence-electron chi connectivity index (χ0n) is 17.9. The third-order valence-corrected chi connectivity index (χ3v) is 6.97. The Bertz CT molecular complexity index is 928. The van der Waals surface area contributed by atoms with E-state index in [2.05, 4.69) is 15.2 Å². The molecule has 1 N–H and O–H groups in total. The normalized spacial score (nSPS) is 15.9. The van der Waals surface area contributed by atoms with Gasteiger partial charge in [-0.1, -0.05) is 29.3 Å². The second-order valence-electron chi connectivity index (χ2n) is 7.78. The lowest BCUT2D eigenvalue weighted by molar-refractivity contribution is -0.137. The Morgan fingerprint density at radius 2 is 1.94 bits per heavy atom. The fraction of sp³-hybridized carbons (Fsp3) is 0.476. The Labute approximate surface area is 196 Å². The minimum Gasteiger partial charge on any atom is -0.347 e. The van der Waals surface area contributed by atoms with E-state index in [1.807, 2.05) is 30.8 Å². The first-order valence-electron chi connectivity index (χ1n) is 10.1. The van der Waals surface area contributed by atoms with Crippen LogP contribution in [-0.2, 0) is 17.9 Å². The Balaban J connectivity index is 1.48. The average molecular weight is 484 g/mol. The summed E-state index contributed by atoms with van der Waals surface area (Å²) in [7, 11) is 3.83. The Kier molecular flexibility index (Phi) is 8.30. The van der Waals surface area contributed by atoms with Gasteiger partial charge in [-0.15, -0.1) is 11.3 Å². The summed E-state index contributed by atoms with van der Waals surface area (Å²) in [5.74, 6) is -0.0125. The van der Waals surface area contributed by atoms with Gasteiger partial charge < -0.3 is 10.2 Å². The number of nitrogens with zero attached hydrogens (tertiary/aromatic N) is 4. The number of amides is 2. The highest BCUT2D eigenvalue weighted by molar-refractivity contribution is 7.13. The maximum Gasteiger partial charge on any atom is 0.263 e. The molecule has 1 aromatic heterocycles. The first-order chi connectivity index (χ1) is 14.7. The SMILES string of the molecule is CC(C(=O)N1CCN(Cc2ncc(C(=O)NCc3ccc(Cl)cc3Cl)s2)CC1)N(C)C. The van der Waals surface area contributed by atoms with Crippen molar-refractivity contribution in [2.24, 2.45) is 0 Å². The molecule has 0 spiro atoms. The number of halogens is 2. The van der Waals surface area contributed by atoms with E-state index in [-0.39, 0.29) is 17.9 Å². The van der Waals surface area contributed by atoms with Crippen molar-refractivity contribution in [3.63, 3.8) is 0 Å². The number of carbonyl (C=O) groups is 2. The number of piperazine rings is 1. The first kappa shape index (κ1) is 23.9. The van der Waals surface area contributed by atoms with Crippen LogP contribution in [0.3, 0.4) is 0 Å². The van der Waals surface area contributed by atoms with Crippen LogP contribution in [-0.4, -0.2) is 77.8 Å². The summed E-state index contributed by atoms with van der Waals surface area (Å²) in [4.78, 5) is 36.0. The second-order valence-corrected chi connectivity index (χ2v) is 9.74. The van der Waals surface area contributed by atoms with E-state index >= 15 is 0 Å². The molecule has 2 heterocycles. The molecule has 1 unspecified atom stereocenters. The van der Waals surface area contributed by atoms with E-state index in [4.69, 9.17) is 23.2 Å². The molecule has 1 aromatic carbocycles. The smallest absolute Gasteiger partial charge is 0.263 e. The van der Waals surface area contributed by atoms with Crippen molar-refractivity contribution in [3.05, 3.63) is 49.9 Å². The molecule has 2 amide bonds. The number of nitrogens with one attached hydrogen (secondary N) is 1. The zero-order valence-corrected chi connectivity index (χ0v) is 20.2. The predicted octanol–water partition coefficient (Wildman–Crippen LogP) is 2.97. The molecular formula is C21H27Cl2N5O2S. The predicted molar refractivity (Wildman–Crippen MR) is 125 cm³/mol. The van der Waals surface area contributed by atoms with Crippen LogP contribution >= 0.6 is 34.5 Å². The minimum absolute atomic E-state index is 0.116. The van der Waals surface area contributed by atoms with Crippen molar-refractivity contribution in [2.75, 3.05) is 40.3 Å². The van der Waals surface area contributed by atoms with Crippen LogP contribution in [0.2, 0.25) is 10.0 Å². The Morgan fingerprint density at radius 3 is 2.58 bits per heavy atom. The highest BCUT2D eigenvalue weighted by Crippen LogP contribution is 2.21. The van der Waals surface area contributed by atoms with Gasteiger partial charge in [0.15, 0.2) is 0 Å². The van der Waals surface area contributed by atoms with Gasteiger partial charge in [-0.2, -0.15) is 0 Å². The number of carbonyl (C=O) groups excluding carboxylic acids is 2. The number of benzene rings is 1. The van der Waals surface area contributed by atoms with Crippen LogP contribution in [0, 0.1) is 0 Å². The van der Waals surface area contributed by atoms with E-state index in [0.717, 1.165) is 23.7 Å². The molecular weight excluding hydrogens is 457 g/mol. The number of aromatic nitrogens is 1. The Morgan fingerprint density at radius 1 is 1.23 bits per heavy atom. The maximum absolute atomic E-state index is 12.5. The van der Waals surface area contributed by atoms with Crippen LogP contribution in [0.1, 0.15) is 27.2 Å². The van der Waals surface area contributed by atoms with Crippen LogP contribution in [0.4, 0.5) is 0 Å². The number of hydrogen-bond acceptors (Lipinski definition) is 6. The molecule has 0 radical (unpaired) electrons. The van der Waals surface area contributed by atoms with E-state index in [1.165, 1.54) is 11.3 Å². The van der Waals surface area contributed by atoms with Crippen LogP contribution < -0.4 is 5.32 Å². The van der Waals surface area contributed by atoms with Gasteiger partial charge in [0, 0.05) is 42.8 Å². The van der Waals surface area contributed by atoms with Crippen LogP contribution in [0.15, 0.2) is 24.4 Å². The van der Waals surface area contributed by atoms with Gasteiger partial charge in [-0.05, 0) is 38.7 Å². The summed E-state index contributed by atoms with van der Waals surface area (Å²) in [5.41, 5.74) is 0.806. The van der Waals surface area contributed by atoms with Crippen molar-refractivity contribution in [1.82, 2.24) is 25.0 Å². The maximum atomic E-state index is 12.5. The molecule has 7 nitrogen and oxygen atoms in total. The third kappa shape index (κ3) is 6.40. The quantitative estimate of drug-likeness (QED) is 0.655. The third-order valence-electron chi connectivity index (χ3n) is 5.41. The summed E-state index contributed by atoms with van der Waals surface area (Å²) < 4.78 is 0. The average Bonchev–Trinajstić information content (AvgIpc) is 3.21. The van der Waals surface area contributed by atoms with Crippen LogP contribution in [0.5, 0.6) is 0 Å². The fourth-order valence-corrected chi connectivity index (χ4v) is 4.57. The van der Waals surface area contributed by atoms with E-state index in [0.29, 0.717) is 41.1 Å². The minimum atomic E-state index is -0.178. The van der Waals surface area contributed by atoms with Gasteiger partial charge >= 0.3 is 0 Å². The molecule has 10 heteroatoms. The molecule has 168 valence electrons. The van der Waals surface area contributed by atoms with Gasteiger partial charge in [-0.25, -0.2) is 4.98 Å². The summed E-state index contributed by atoms with van der Waals surface area (Å²) in [6.45, 7) is 5.92. The number of hydrogen-bond donors (Lipinski definition) is 1. The second kappa shape index (κ2) is 10.7. The monoisotopic (exact) mass is 483 g/mol. The van der Waals surface area contributed by atoms with Gasteiger partial charge in [0.1, 0.15) is 9.88 Å². The van der Waals surface area contributed by atoms with Crippen molar-refractivity contribution in [2.45, 2.75) is 26.1 Å². The van der Waals surface area contributed by atoms with E-state index < -0.39 is 0 Å². The molecule has 1 aliphatic heterocycles. The van der Waals surface area contributed by atoms with Crippen molar-refractivity contribution in [1.29, 1.82) is 0 Å². The van der Waals surface area contributed by atoms with Gasteiger partial charge in [-0.3, -0.25) is 19.4 Å². The summed E-state index contributed by atoms with van der Waals surface area (Å²) in [6.07, 6.45) is 1.61.